The molecule has 1 aromatic heterocycles. The van der Waals surface area contributed by atoms with Crippen LogP contribution in [0.15, 0.2) is 59.0 Å². The van der Waals surface area contributed by atoms with Gasteiger partial charge in [0.05, 0.1) is 36.4 Å². The lowest BCUT2D eigenvalue weighted by atomic mass is 10.1. The number of nitrogens with zero attached hydrogens (tertiary/aromatic N) is 2. The zero-order valence-corrected chi connectivity index (χ0v) is 18.3. The Bertz CT molecular complexity index is 1160. The van der Waals surface area contributed by atoms with Gasteiger partial charge in [-0.1, -0.05) is 18.2 Å². The van der Waals surface area contributed by atoms with Gasteiger partial charge in [-0.25, -0.2) is 0 Å². The van der Waals surface area contributed by atoms with Crippen LogP contribution < -0.4 is 4.74 Å². The molecule has 0 atom stereocenters. The molecule has 1 aliphatic heterocycles. The van der Waals surface area contributed by atoms with Crippen molar-refractivity contribution in [1.82, 2.24) is 9.80 Å². The Hall–Kier alpha value is -3.87. The average Bonchev–Trinajstić information content (AvgIpc) is 3.30. The van der Waals surface area contributed by atoms with E-state index in [1.165, 1.54) is 4.90 Å². The molecule has 0 spiro atoms. The molecule has 0 N–H and O–H groups in total. The van der Waals surface area contributed by atoms with E-state index in [2.05, 4.69) is 0 Å². The summed E-state index contributed by atoms with van der Waals surface area (Å²) in [6.07, 6.45) is 0. The molecule has 0 fully saturated rings. The third kappa shape index (κ3) is 4.01. The first-order valence-corrected chi connectivity index (χ1v) is 10.4. The van der Waals surface area contributed by atoms with E-state index >= 15 is 0 Å². The maximum Gasteiger partial charge on any atom is 0.261 e. The van der Waals surface area contributed by atoms with Crippen LogP contribution in [-0.2, 0) is 13.1 Å². The summed E-state index contributed by atoms with van der Waals surface area (Å²) >= 11 is 0. The van der Waals surface area contributed by atoms with E-state index in [4.69, 9.17) is 9.15 Å². The second-order valence-electron chi connectivity index (χ2n) is 7.68. The number of hydrogen-bond acceptors (Lipinski definition) is 5. The summed E-state index contributed by atoms with van der Waals surface area (Å²) in [5, 5.41) is 0. The second-order valence-corrected chi connectivity index (χ2v) is 7.68. The first-order chi connectivity index (χ1) is 15.4. The number of carbonyl (C=O) groups is 3. The number of ether oxygens (including phenoxy) is 1. The molecule has 7 nitrogen and oxygen atoms in total. The van der Waals surface area contributed by atoms with Gasteiger partial charge in [-0.2, -0.15) is 0 Å². The Morgan fingerprint density at radius 1 is 1.03 bits per heavy atom. The lowest BCUT2D eigenvalue weighted by molar-refractivity contribution is 0.0642. The summed E-state index contributed by atoms with van der Waals surface area (Å²) in [6, 6.07) is 15.6. The average molecular weight is 432 g/mol. The molecular weight excluding hydrogens is 408 g/mol. The topological polar surface area (TPSA) is 80.1 Å². The number of hydrogen-bond donors (Lipinski definition) is 0. The number of benzene rings is 2. The van der Waals surface area contributed by atoms with E-state index in [1.807, 2.05) is 26.0 Å². The highest BCUT2D eigenvalue weighted by Gasteiger charge is 2.35. The van der Waals surface area contributed by atoms with E-state index in [0.717, 1.165) is 5.76 Å². The molecule has 0 aliphatic carbocycles. The third-order valence-corrected chi connectivity index (χ3v) is 5.33. The fourth-order valence-corrected chi connectivity index (χ4v) is 3.77. The molecule has 2 aromatic carbocycles. The van der Waals surface area contributed by atoms with Crippen molar-refractivity contribution in [3.05, 3.63) is 88.4 Å². The molecule has 0 saturated heterocycles. The minimum Gasteiger partial charge on any atom is -0.493 e. The van der Waals surface area contributed by atoms with Gasteiger partial charge < -0.3 is 14.1 Å². The van der Waals surface area contributed by atoms with Crippen molar-refractivity contribution in [2.45, 2.75) is 26.9 Å². The Kier molecular flexibility index (Phi) is 5.81. The van der Waals surface area contributed by atoms with Crippen LogP contribution in [0.3, 0.4) is 0 Å². The van der Waals surface area contributed by atoms with Gasteiger partial charge in [-0.15, -0.1) is 0 Å². The van der Waals surface area contributed by atoms with Gasteiger partial charge in [-0.05, 0) is 55.8 Å². The van der Waals surface area contributed by atoms with E-state index in [0.29, 0.717) is 46.9 Å². The monoisotopic (exact) mass is 432 g/mol. The predicted octanol–water partition coefficient (Wildman–Crippen LogP) is 4.06. The maximum absolute atomic E-state index is 13.2. The fourth-order valence-electron chi connectivity index (χ4n) is 3.77. The van der Waals surface area contributed by atoms with E-state index < -0.39 is 0 Å². The van der Waals surface area contributed by atoms with Gasteiger partial charge in [-0.3, -0.25) is 19.3 Å². The standard InChI is InChI=1S/C25H24N2O5/c1-4-31-22-12-10-17(14-27-24(29)19-7-5-6-8-20(19)25(27)30)13-21(22)23(28)26(3)15-18-11-9-16(2)32-18/h5-13H,4,14-15H2,1-3H3. The molecule has 7 heteroatoms. The van der Waals surface area contributed by atoms with Crippen molar-refractivity contribution in [1.29, 1.82) is 0 Å². The molecule has 0 radical (unpaired) electrons. The maximum atomic E-state index is 13.2. The number of fused-ring (bicyclic) bond motifs is 1. The first kappa shape index (κ1) is 21.4. The van der Waals surface area contributed by atoms with Gasteiger partial charge in [0.25, 0.3) is 17.7 Å². The lowest BCUT2D eigenvalue weighted by Crippen LogP contribution is -2.30. The Labute approximate surface area is 186 Å². The summed E-state index contributed by atoms with van der Waals surface area (Å²) in [5.74, 6) is 0.991. The Balaban J connectivity index is 1.59. The summed E-state index contributed by atoms with van der Waals surface area (Å²) in [7, 11) is 1.69. The van der Waals surface area contributed by atoms with E-state index in [9.17, 15) is 14.4 Å². The number of carbonyl (C=O) groups excluding carboxylic acids is 3. The number of aryl methyl sites for hydroxylation is 1. The van der Waals surface area contributed by atoms with Crippen LogP contribution in [0.5, 0.6) is 5.75 Å². The molecule has 2 heterocycles. The van der Waals surface area contributed by atoms with Gasteiger partial charge in [0.2, 0.25) is 0 Å². The van der Waals surface area contributed by atoms with Crippen molar-refractivity contribution in [2.75, 3.05) is 13.7 Å². The summed E-state index contributed by atoms with van der Waals surface area (Å²) in [6.45, 7) is 4.47. The molecule has 0 bridgehead atoms. The number of imide groups is 1. The van der Waals surface area contributed by atoms with Crippen LogP contribution in [0.25, 0.3) is 0 Å². The van der Waals surface area contributed by atoms with Gasteiger partial charge >= 0.3 is 0 Å². The van der Waals surface area contributed by atoms with Gasteiger partial charge in [0.15, 0.2) is 0 Å². The highest BCUT2D eigenvalue weighted by molar-refractivity contribution is 6.21. The molecule has 4 rings (SSSR count). The second kappa shape index (κ2) is 8.70. The quantitative estimate of drug-likeness (QED) is 0.526. The van der Waals surface area contributed by atoms with Crippen LogP contribution in [0.1, 0.15) is 55.1 Å². The Morgan fingerprint density at radius 3 is 2.31 bits per heavy atom. The predicted molar refractivity (Wildman–Crippen MR) is 117 cm³/mol. The van der Waals surface area contributed by atoms with Crippen molar-refractivity contribution in [3.63, 3.8) is 0 Å². The molecule has 1 aliphatic rings. The van der Waals surface area contributed by atoms with E-state index in [-0.39, 0.29) is 24.3 Å². The molecule has 0 unspecified atom stereocenters. The summed E-state index contributed by atoms with van der Waals surface area (Å²) in [4.78, 5) is 41.4. The van der Waals surface area contributed by atoms with Crippen LogP contribution in [0.4, 0.5) is 0 Å². The highest BCUT2D eigenvalue weighted by Crippen LogP contribution is 2.27. The minimum absolute atomic E-state index is 0.0696. The summed E-state index contributed by atoms with van der Waals surface area (Å²) < 4.78 is 11.2. The molecule has 0 saturated carbocycles. The molecule has 32 heavy (non-hydrogen) atoms. The number of furan rings is 1. The SMILES string of the molecule is CCOc1ccc(CN2C(=O)c3ccccc3C2=O)cc1C(=O)N(C)Cc1ccc(C)o1. The highest BCUT2D eigenvalue weighted by atomic mass is 16.5. The molecule has 3 amide bonds. The van der Waals surface area contributed by atoms with Crippen LogP contribution in [0, 0.1) is 6.92 Å². The normalized spacial score (nSPS) is 12.8. The minimum atomic E-state index is -0.335. The van der Waals surface area contributed by atoms with Crippen LogP contribution in [-0.4, -0.2) is 41.2 Å². The fraction of sp³-hybridized carbons (Fsp3) is 0.240. The van der Waals surface area contributed by atoms with Crippen molar-refractivity contribution >= 4 is 17.7 Å². The van der Waals surface area contributed by atoms with Crippen LogP contribution >= 0.6 is 0 Å². The Morgan fingerprint density at radius 2 is 1.72 bits per heavy atom. The molecule has 164 valence electrons. The summed E-state index contributed by atoms with van der Waals surface area (Å²) in [5.41, 5.74) is 1.82. The zero-order chi connectivity index (χ0) is 22.8. The first-order valence-electron chi connectivity index (χ1n) is 10.4. The van der Waals surface area contributed by atoms with Crippen LogP contribution in [0.2, 0.25) is 0 Å². The molecule has 3 aromatic rings. The van der Waals surface area contributed by atoms with Crippen molar-refractivity contribution in [3.8, 4) is 5.75 Å². The third-order valence-electron chi connectivity index (χ3n) is 5.33. The number of amides is 3. The van der Waals surface area contributed by atoms with Gasteiger partial charge in [0.1, 0.15) is 17.3 Å². The molecular formula is C25H24N2O5. The zero-order valence-electron chi connectivity index (χ0n) is 18.3. The van der Waals surface area contributed by atoms with E-state index in [1.54, 1.807) is 54.4 Å². The largest absolute Gasteiger partial charge is 0.493 e. The van der Waals surface area contributed by atoms with Gasteiger partial charge in [0, 0.05) is 7.05 Å². The lowest BCUT2D eigenvalue weighted by Gasteiger charge is -2.20. The van der Waals surface area contributed by atoms with Crippen molar-refractivity contribution < 1.29 is 23.5 Å². The number of rotatable bonds is 7. The van der Waals surface area contributed by atoms with Crippen molar-refractivity contribution in [2.24, 2.45) is 0 Å². The smallest absolute Gasteiger partial charge is 0.261 e.